The highest BCUT2D eigenvalue weighted by Crippen LogP contribution is 2.65. The van der Waals surface area contributed by atoms with E-state index < -0.39 is 5.41 Å². The third kappa shape index (κ3) is 3.55. The Morgan fingerprint density at radius 2 is 2.00 bits per heavy atom. The monoisotopic (exact) mass is 521 g/mol. The number of methoxy groups -OCH3 is 2. The SMILES string of the molecule is COc1ccc2c(c1)[C@]1(C[C@H]1C1CCC3C(C1)NNC3Nc1nc(C)nc(N3CC(O)C3)c1OC)C(=O)N2. The quantitative estimate of drug-likeness (QED) is 0.381. The van der Waals surface area contributed by atoms with E-state index in [1.165, 1.54) is 0 Å². The highest BCUT2D eigenvalue weighted by molar-refractivity contribution is 6.09. The largest absolute Gasteiger partial charge is 0.497 e. The topological polar surface area (TPSA) is 133 Å². The maximum atomic E-state index is 13.1. The van der Waals surface area contributed by atoms with Crippen LogP contribution >= 0.6 is 0 Å². The van der Waals surface area contributed by atoms with E-state index in [9.17, 15) is 9.90 Å². The summed E-state index contributed by atoms with van der Waals surface area (Å²) in [4.78, 5) is 24.4. The van der Waals surface area contributed by atoms with Crippen LogP contribution in [0.3, 0.4) is 0 Å². The van der Waals surface area contributed by atoms with Crippen molar-refractivity contribution in [3.05, 3.63) is 29.6 Å². The van der Waals surface area contributed by atoms with Gasteiger partial charge in [-0.2, -0.15) is 0 Å². The second kappa shape index (κ2) is 8.69. The number of fused-ring (bicyclic) bond motifs is 3. The van der Waals surface area contributed by atoms with Crippen molar-refractivity contribution in [2.24, 2.45) is 17.8 Å². The fourth-order valence-corrected chi connectivity index (χ4v) is 7.34. The van der Waals surface area contributed by atoms with E-state index in [4.69, 9.17) is 9.47 Å². The van der Waals surface area contributed by atoms with Crippen LogP contribution in [-0.2, 0) is 10.2 Å². The molecule has 4 fully saturated rings. The minimum Gasteiger partial charge on any atom is -0.497 e. The highest BCUT2D eigenvalue weighted by Gasteiger charge is 2.67. The zero-order valence-corrected chi connectivity index (χ0v) is 22.0. The molecular weight excluding hydrogens is 486 g/mol. The standard InChI is InChI=1S/C27H35N7O4/c1-13-28-24(22(38-3)25(29-13)34-11-15(35)12-34)31-23-17-6-4-14(8-21(17)32-33-23)19-10-27(19)18-9-16(37-2)5-7-20(18)30-26(27)36/h5,7,9,14-15,17,19,21,23,32-33,35H,4,6,8,10-12H2,1-3H3,(H,30,36)(H,28,29,31)/t14?,17?,19-,21?,23?,27-/m0/s1. The summed E-state index contributed by atoms with van der Waals surface area (Å²) in [6.07, 6.45) is 3.71. The van der Waals surface area contributed by atoms with E-state index in [0.717, 1.165) is 42.7 Å². The number of aromatic nitrogens is 2. The van der Waals surface area contributed by atoms with Gasteiger partial charge in [0, 0.05) is 30.7 Å². The number of ether oxygens (including phenoxy) is 2. The van der Waals surface area contributed by atoms with E-state index in [1.807, 2.05) is 30.0 Å². The van der Waals surface area contributed by atoms with Crippen molar-refractivity contribution in [1.29, 1.82) is 0 Å². The van der Waals surface area contributed by atoms with Gasteiger partial charge in [-0.15, -0.1) is 0 Å². The lowest BCUT2D eigenvalue weighted by Crippen LogP contribution is -2.51. The number of aryl methyl sites for hydroxylation is 1. The van der Waals surface area contributed by atoms with Crippen LogP contribution < -0.4 is 35.9 Å². The minimum absolute atomic E-state index is 0.00749. The number of β-amino-alcohol motifs (C(OH)–C–C–N with tert-alkyl or cyclic N) is 1. The normalized spacial score (nSPS) is 33.4. The van der Waals surface area contributed by atoms with Gasteiger partial charge in [0.1, 0.15) is 11.6 Å². The Kier molecular flexibility index (Phi) is 5.47. The summed E-state index contributed by atoms with van der Waals surface area (Å²) >= 11 is 0. The third-order valence-corrected chi connectivity index (χ3v) is 9.36. The Balaban J connectivity index is 1.06. The average molecular weight is 522 g/mol. The molecule has 3 aliphatic heterocycles. The number of carbonyl (C=O) groups is 1. The zero-order chi connectivity index (χ0) is 26.2. The van der Waals surface area contributed by atoms with Crippen molar-refractivity contribution in [3.63, 3.8) is 0 Å². The van der Waals surface area contributed by atoms with Crippen LogP contribution in [0.4, 0.5) is 17.3 Å². The average Bonchev–Trinajstić information content (AvgIpc) is 3.45. The molecule has 11 heteroatoms. The number of hydrazine groups is 1. The number of nitrogens with one attached hydrogen (secondary N) is 4. The van der Waals surface area contributed by atoms with Gasteiger partial charge in [0.05, 0.1) is 31.9 Å². The van der Waals surface area contributed by atoms with Gasteiger partial charge in [0.2, 0.25) is 11.7 Å². The fraction of sp³-hybridized carbons (Fsp3) is 0.593. The van der Waals surface area contributed by atoms with Crippen LogP contribution in [0.15, 0.2) is 18.2 Å². The second-order valence-corrected chi connectivity index (χ2v) is 11.4. The first kappa shape index (κ1) is 23.9. The van der Waals surface area contributed by atoms with Crippen molar-refractivity contribution < 1.29 is 19.4 Å². The van der Waals surface area contributed by atoms with Crippen molar-refractivity contribution in [2.45, 2.75) is 56.3 Å². The summed E-state index contributed by atoms with van der Waals surface area (Å²) in [6.45, 7) is 2.95. The molecule has 5 aliphatic rings. The van der Waals surface area contributed by atoms with Crippen molar-refractivity contribution in [3.8, 4) is 11.5 Å². The van der Waals surface area contributed by atoms with E-state index in [0.29, 0.717) is 60.1 Å². The molecule has 202 valence electrons. The summed E-state index contributed by atoms with van der Waals surface area (Å²) in [5, 5.41) is 16.5. The van der Waals surface area contributed by atoms with E-state index >= 15 is 0 Å². The maximum Gasteiger partial charge on any atom is 0.235 e. The maximum absolute atomic E-state index is 13.1. The van der Waals surface area contributed by atoms with Crippen LogP contribution in [0.2, 0.25) is 0 Å². The van der Waals surface area contributed by atoms with E-state index in [2.05, 4.69) is 31.5 Å². The predicted octanol–water partition coefficient (Wildman–Crippen LogP) is 1.52. The Labute approximate surface area is 221 Å². The fourth-order valence-electron chi connectivity index (χ4n) is 7.34. The molecule has 1 amide bonds. The molecule has 2 saturated carbocycles. The zero-order valence-electron chi connectivity index (χ0n) is 22.0. The molecule has 0 bridgehead atoms. The molecule has 2 aliphatic carbocycles. The number of hydrogen-bond acceptors (Lipinski definition) is 10. The Morgan fingerprint density at radius 1 is 1.16 bits per heavy atom. The molecule has 1 spiro atoms. The summed E-state index contributed by atoms with van der Waals surface area (Å²) in [6, 6.07) is 6.22. The molecule has 11 nitrogen and oxygen atoms in total. The van der Waals surface area contributed by atoms with Crippen molar-refractivity contribution in [2.75, 3.05) is 42.8 Å². The molecule has 1 aromatic carbocycles. The Morgan fingerprint density at radius 3 is 2.76 bits per heavy atom. The first-order valence-electron chi connectivity index (χ1n) is 13.5. The third-order valence-electron chi connectivity index (χ3n) is 9.36. The Bertz CT molecular complexity index is 1280. The first-order chi connectivity index (χ1) is 18.4. The number of aliphatic hydroxyl groups excluding tert-OH is 1. The first-order valence-corrected chi connectivity index (χ1v) is 13.5. The number of nitrogens with zero attached hydrogens (tertiary/aromatic N) is 3. The minimum atomic E-state index is -0.405. The van der Waals surface area contributed by atoms with E-state index in [1.54, 1.807) is 14.2 Å². The van der Waals surface area contributed by atoms with Gasteiger partial charge >= 0.3 is 0 Å². The Hall–Kier alpha value is -3.15. The summed E-state index contributed by atoms with van der Waals surface area (Å²) < 4.78 is 11.2. The van der Waals surface area contributed by atoms with Gasteiger partial charge in [0.15, 0.2) is 11.6 Å². The molecule has 4 unspecified atom stereocenters. The molecule has 38 heavy (non-hydrogen) atoms. The second-order valence-electron chi connectivity index (χ2n) is 11.4. The van der Waals surface area contributed by atoms with Crippen LogP contribution in [0.25, 0.3) is 0 Å². The molecule has 1 aromatic heterocycles. The van der Waals surface area contributed by atoms with Crippen LogP contribution in [0, 0.1) is 24.7 Å². The van der Waals surface area contributed by atoms with Gasteiger partial charge in [-0.1, -0.05) is 0 Å². The van der Waals surface area contributed by atoms with Gasteiger partial charge in [-0.3, -0.25) is 10.2 Å². The lowest BCUT2D eigenvalue weighted by molar-refractivity contribution is -0.118. The molecule has 5 N–H and O–H groups in total. The molecular formula is C27H35N7O4. The van der Waals surface area contributed by atoms with Gasteiger partial charge < -0.3 is 30.1 Å². The molecule has 2 saturated heterocycles. The summed E-state index contributed by atoms with van der Waals surface area (Å²) in [7, 11) is 3.30. The summed E-state index contributed by atoms with van der Waals surface area (Å²) in [5.74, 6) is 4.77. The number of aliphatic hydroxyl groups is 1. The number of carbonyl (C=O) groups excluding carboxylic acids is 1. The lowest BCUT2D eigenvalue weighted by Gasteiger charge is -2.38. The van der Waals surface area contributed by atoms with Crippen LogP contribution in [0.1, 0.15) is 37.1 Å². The number of amides is 1. The van der Waals surface area contributed by atoms with Gasteiger partial charge in [-0.05, 0) is 68.2 Å². The smallest absolute Gasteiger partial charge is 0.235 e. The highest BCUT2D eigenvalue weighted by atomic mass is 16.5. The predicted molar refractivity (Wildman–Crippen MR) is 141 cm³/mol. The number of benzene rings is 1. The molecule has 0 radical (unpaired) electrons. The number of hydrogen-bond donors (Lipinski definition) is 5. The van der Waals surface area contributed by atoms with Gasteiger partial charge in [-0.25, -0.2) is 15.4 Å². The van der Waals surface area contributed by atoms with Gasteiger partial charge in [0.25, 0.3) is 0 Å². The van der Waals surface area contributed by atoms with Crippen LogP contribution in [0.5, 0.6) is 11.5 Å². The lowest BCUT2D eigenvalue weighted by atomic mass is 9.74. The number of rotatable bonds is 6. The molecule has 4 heterocycles. The summed E-state index contributed by atoms with van der Waals surface area (Å²) in [5.41, 5.74) is 8.61. The van der Waals surface area contributed by atoms with Crippen molar-refractivity contribution >= 4 is 23.2 Å². The molecule has 6 atom stereocenters. The van der Waals surface area contributed by atoms with E-state index in [-0.39, 0.29) is 18.2 Å². The number of anilines is 3. The van der Waals surface area contributed by atoms with Crippen LogP contribution in [-0.4, -0.2) is 66.6 Å². The van der Waals surface area contributed by atoms with Crippen molar-refractivity contribution in [1.82, 2.24) is 20.8 Å². The molecule has 2 aromatic rings. The molecule has 7 rings (SSSR count).